The van der Waals surface area contributed by atoms with E-state index >= 15 is 0 Å². The summed E-state index contributed by atoms with van der Waals surface area (Å²) >= 11 is 3.37. The van der Waals surface area contributed by atoms with E-state index in [1.165, 1.54) is 18.3 Å². The number of rotatable bonds is 4. The SMILES string of the molecule is CS(=O)(=O)c1cccc(NC(=O)c2cnn(-c3ccc(Br)cc3)c2)c1. The molecule has 2 aromatic carbocycles. The molecule has 0 aliphatic carbocycles. The number of benzene rings is 2. The minimum atomic E-state index is -3.33. The van der Waals surface area contributed by atoms with Crippen molar-refractivity contribution < 1.29 is 13.2 Å². The van der Waals surface area contributed by atoms with Gasteiger partial charge in [0, 0.05) is 22.6 Å². The monoisotopic (exact) mass is 419 g/mol. The first-order valence-electron chi connectivity index (χ1n) is 7.25. The summed E-state index contributed by atoms with van der Waals surface area (Å²) in [6, 6.07) is 13.6. The molecule has 0 aliphatic heterocycles. The van der Waals surface area contributed by atoms with Gasteiger partial charge in [-0.1, -0.05) is 22.0 Å². The van der Waals surface area contributed by atoms with Crippen LogP contribution in [0.5, 0.6) is 0 Å². The predicted octanol–water partition coefficient (Wildman–Crippen LogP) is 3.29. The average Bonchev–Trinajstić information content (AvgIpc) is 3.05. The molecular formula is C17H14BrN3O3S. The number of aromatic nitrogens is 2. The summed E-state index contributed by atoms with van der Waals surface area (Å²) in [4.78, 5) is 12.5. The maximum atomic E-state index is 12.4. The van der Waals surface area contributed by atoms with E-state index in [0.29, 0.717) is 11.3 Å². The number of carbonyl (C=O) groups is 1. The second-order valence-electron chi connectivity index (χ2n) is 5.40. The van der Waals surface area contributed by atoms with Crippen LogP contribution in [0.4, 0.5) is 5.69 Å². The van der Waals surface area contributed by atoms with Crippen molar-refractivity contribution in [2.24, 2.45) is 0 Å². The van der Waals surface area contributed by atoms with Gasteiger partial charge in [-0.2, -0.15) is 5.10 Å². The molecule has 0 aliphatic rings. The molecule has 1 N–H and O–H groups in total. The molecule has 1 aromatic heterocycles. The lowest BCUT2D eigenvalue weighted by Gasteiger charge is -2.05. The number of anilines is 1. The number of nitrogens with zero attached hydrogens (tertiary/aromatic N) is 2. The molecule has 0 radical (unpaired) electrons. The highest BCUT2D eigenvalue weighted by Crippen LogP contribution is 2.17. The molecule has 0 atom stereocenters. The Labute approximate surface area is 153 Å². The van der Waals surface area contributed by atoms with E-state index in [2.05, 4.69) is 26.3 Å². The Bertz CT molecular complexity index is 1030. The van der Waals surface area contributed by atoms with E-state index in [1.54, 1.807) is 23.0 Å². The van der Waals surface area contributed by atoms with Gasteiger partial charge in [-0.05, 0) is 42.5 Å². The highest BCUT2D eigenvalue weighted by Gasteiger charge is 2.12. The molecule has 0 unspecified atom stereocenters. The maximum absolute atomic E-state index is 12.4. The van der Waals surface area contributed by atoms with E-state index in [-0.39, 0.29) is 10.8 Å². The van der Waals surface area contributed by atoms with Gasteiger partial charge in [-0.3, -0.25) is 4.79 Å². The van der Waals surface area contributed by atoms with Crippen LogP contribution in [0.3, 0.4) is 0 Å². The topological polar surface area (TPSA) is 81.1 Å². The Morgan fingerprint density at radius 3 is 2.56 bits per heavy atom. The van der Waals surface area contributed by atoms with Crippen molar-refractivity contribution in [3.8, 4) is 5.69 Å². The first kappa shape index (κ1) is 17.4. The van der Waals surface area contributed by atoms with Crippen LogP contribution < -0.4 is 5.32 Å². The average molecular weight is 420 g/mol. The van der Waals surface area contributed by atoms with Crippen LogP contribution in [0.2, 0.25) is 0 Å². The van der Waals surface area contributed by atoms with Crippen molar-refractivity contribution in [3.05, 3.63) is 71.0 Å². The molecular weight excluding hydrogens is 406 g/mol. The van der Waals surface area contributed by atoms with Crippen LogP contribution in [0.25, 0.3) is 5.69 Å². The van der Waals surface area contributed by atoms with Crippen LogP contribution in [-0.4, -0.2) is 30.4 Å². The predicted molar refractivity (Wildman–Crippen MR) is 98.8 cm³/mol. The molecule has 1 heterocycles. The van der Waals surface area contributed by atoms with Gasteiger partial charge in [-0.25, -0.2) is 13.1 Å². The third-order valence-electron chi connectivity index (χ3n) is 3.46. The molecule has 25 heavy (non-hydrogen) atoms. The molecule has 0 fully saturated rings. The normalized spacial score (nSPS) is 11.3. The van der Waals surface area contributed by atoms with Crippen molar-refractivity contribution >= 4 is 37.4 Å². The highest BCUT2D eigenvalue weighted by atomic mass is 79.9. The fourth-order valence-electron chi connectivity index (χ4n) is 2.18. The standard InChI is InChI=1S/C17H14BrN3O3S/c1-25(23,24)16-4-2-3-14(9-16)20-17(22)12-10-19-21(11-12)15-7-5-13(18)6-8-15/h2-11H,1H3,(H,20,22). The van der Waals surface area contributed by atoms with Gasteiger partial charge in [0.1, 0.15) is 0 Å². The highest BCUT2D eigenvalue weighted by molar-refractivity contribution is 9.10. The Hall–Kier alpha value is -2.45. The van der Waals surface area contributed by atoms with Crippen molar-refractivity contribution in [3.63, 3.8) is 0 Å². The number of hydrogen-bond acceptors (Lipinski definition) is 4. The van der Waals surface area contributed by atoms with E-state index in [0.717, 1.165) is 16.4 Å². The first-order valence-corrected chi connectivity index (χ1v) is 9.93. The van der Waals surface area contributed by atoms with Crippen LogP contribution in [0.1, 0.15) is 10.4 Å². The number of hydrogen-bond donors (Lipinski definition) is 1. The molecule has 6 nitrogen and oxygen atoms in total. The summed E-state index contributed by atoms with van der Waals surface area (Å²) in [6.45, 7) is 0. The molecule has 0 spiro atoms. The Morgan fingerprint density at radius 1 is 1.16 bits per heavy atom. The molecule has 3 rings (SSSR count). The van der Waals surface area contributed by atoms with Crippen molar-refractivity contribution in [1.82, 2.24) is 9.78 Å². The molecule has 128 valence electrons. The van der Waals surface area contributed by atoms with Crippen LogP contribution >= 0.6 is 15.9 Å². The fraction of sp³-hybridized carbons (Fsp3) is 0.0588. The van der Waals surface area contributed by atoms with Gasteiger partial charge in [0.15, 0.2) is 9.84 Å². The zero-order valence-corrected chi connectivity index (χ0v) is 15.6. The minimum absolute atomic E-state index is 0.149. The van der Waals surface area contributed by atoms with Crippen molar-refractivity contribution in [2.45, 2.75) is 4.90 Å². The summed E-state index contributed by atoms with van der Waals surface area (Å²) in [5.41, 5.74) is 1.60. The third-order valence-corrected chi connectivity index (χ3v) is 5.09. The second-order valence-corrected chi connectivity index (χ2v) is 8.34. The Kier molecular flexibility index (Phi) is 4.73. The number of sulfone groups is 1. The number of carbonyl (C=O) groups excluding carboxylic acids is 1. The smallest absolute Gasteiger partial charge is 0.258 e. The molecule has 0 saturated carbocycles. The Morgan fingerprint density at radius 2 is 1.88 bits per heavy atom. The molecule has 0 saturated heterocycles. The van der Waals surface area contributed by atoms with Gasteiger partial charge in [-0.15, -0.1) is 0 Å². The van der Waals surface area contributed by atoms with Gasteiger partial charge in [0.05, 0.1) is 22.3 Å². The lowest BCUT2D eigenvalue weighted by Crippen LogP contribution is -2.11. The quantitative estimate of drug-likeness (QED) is 0.703. The molecule has 8 heteroatoms. The zero-order valence-electron chi connectivity index (χ0n) is 13.2. The van der Waals surface area contributed by atoms with Crippen LogP contribution in [0.15, 0.2) is 70.3 Å². The first-order chi connectivity index (χ1) is 11.8. The van der Waals surface area contributed by atoms with Gasteiger partial charge in [0.25, 0.3) is 5.91 Å². The Balaban J connectivity index is 1.80. The number of nitrogens with one attached hydrogen (secondary N) is 1. The van der Waals surface area contributed by atoms with E-state index < -0.39 is 9.84 Å². The van der Waals surface area contributed by atoms with Gasteiger partial charge >= 0.3 is 0 Å². The van der Waals surface area contributed by atoms with Crippen LogP contribution in [-0.2, 0) is 9.84 Å². The second kappa shape index (κ2) is 6.81. The lowest BCUT2D eigenvalue weighted by molar-refractivity contribution is 0.102. The third kappa shape index (κ3) is 4.15. The fourth-order valence-corrected chi connectivity index (χ4v) is 3.11. The van der Waals surface area contributed by atoms with Crippen LogP contribution in [0, 0.1) is 0 Å². The summed E-state index contributed by atoms with van der Waals surface area (Å²) in [7, 11) is -3.33. The maximum Gasteiger partial charge on any atom is 0.258 e. The van der Waals surface area contributed by atoms with Gasteiger partial charge in [0.2, 0.25) is 0 Å². The van der Waals surface area contributed by atoms with E-state index in [9.17, 15) is 13.2 Å². The summed E-state index contributed by atoms with van der Waals surface area (Å²) in [5.74, 6) is -0.367. The number of amides is 1. The molecule has 1 amide bonds. The van der Waals surface area contributed by atoms with Gasteiger partial charge < -0.3 is 5.32 Å². The molecule has 0 bridgehead atoms. The van der Waals surface area contributed by atoms with E-state index in [1.807, 2.05) is 24.3 Å². The summed E-state index contributed by atoms with van der Waals surface area (Å²) in [6.07, 6.45) is 4.19. The number of halogens is 1. The van der Waals surface area contributed by atoms with Crippen molar-refractivity contribution in [2.75, 3.05) is 11.6 Å². The van der Waals surface area contributed by atoms with Crippen molar-refractivity contribution in [1.29, 1.82) is 0 Å². The molecule has 3 aromatic rings. The zero-order chi connectivity index (χ0) is 18.0. The minimum Gasteiger partial charge on any atom is -0.322 e. The largest absolute Gasteiger partial charge is 0.322 e. The van der Waals surface area contributed by atoms with E-state index in [4.69, 9.17) is 0 Å². The summed E-state index contributed by atoms with van der Waals surface area (Å²) < 4.78 is 25.7. The summed E-state index contributed by atoms with van der Waals surface area (Å²) in [5, 5.41) is 6.86. The lowest BCUT2D eigenvalue weighted by atomic mass is 10.3.